The van der Waals surface area contributed by atoms with Gasteiger partial charge in [-0.2, -0.15) is 0 Å². The fourth-order valence-corrected chi connectivity index (χ4v) is 11.9. The van der Waals surface area contributed by atoms with Crippen molar-refractivity contribution in [3.05, 3.63) is 399 Å². The number of fused-ring (bicyclic) bond motifs is 11. The highest BCUT2D eigenvalue weighted by Gasteiger charge is 2.02. The third kappa shape index (κ3) is 46.7. The molecular formula is C121H154N22. The van der Waals surface area contributed by atoms with Crippen LogP contribution in [0.5, 0.6) is 0 Å². The van der Waals surface area contributed by atoms with Crippen LogP contribution in [0.15, 0.2) is 337 Å². The van der Waals surface area contributed by atoms with Crippen LogP contribution in [0.25, 0.3) is 120 Å². The maximum absolute atomic E-state index is 4.34. The standard InChI is InChI=1S/11C9H8N2.11C2H6/c1-7-4-9-5-10-3-2-8(9)6-11-7;1-7-4-8-2-3-10-5-9(8)6-11-7;1-7-4-8-6-10-3-2-9(8)11-5-7;1-7-4-8-2-3-10-6-9(8)11-5-7;1-7-2-3-9-8(4-7)5-10-6-11-9;1-7-2-3-8-6-10-5-4-9(8)11-7;1-7-2-3-8-4-5-10-6-9(8)11-7;1-7-2-3-8-9(6-7)11-5-4-10-8;1-7-5-9-8(6-11-7)3-2-4-10-9;1-7-5-9-8(11-6-7)3-2-4-10-9;1-7-5-8-3-2-4-10-9(8)11-6-7;11*1-2/h11*2-6H,1H3;11*1-2H3. The molecule has 22 aromatic rings. The van der Waals surface area contributed by atoms with Crippen molar-refractivity contribution in [2.45, 2.75) is 228 Å². The van der Waals surface area contributed by atoms with E-state index in [0.717, 1.165) is 149 Å². The summed E-state index contributed by atoms with van der Waals surface area (Å²) >= 11 is 0. The first-order chi connectivity index (χ1) is 70.0. The van der Waals surface area contributed by atoms with Crippen molar-refractivity contribution in [1.29, 1.82) is 0 Å². The summed E-state index contributed by atoms with van der Waals surface area (Å²) in [5.74, 6) is 0. The highest BCUT2D eigenvalue weighted by atomic mass is 14.8. The van der Waals surface area contributed by atoms with Gasteiger partial charge < -0.3 is 0 Å². The molecule has 20 heterocycles. The summed E-state index contributed by atoms with van der Waals surface area (Å²) in [7, 11) is 0. The van der Waals surface area contributed by atoms with Gasteiger partial charge in [0.1, 0.15) is 6.33 Å². The molecule has 0 fully saturated rings. The van der Waals surface area contributed by atoms with Crippen LogP contribution >= 0.6 is 0 Å². The Morgan fingerprint density at radius 1 is 0.140 bits per heavy atom. The molecule has 143 heavy (non-hydrogen) atoms. The lowest BCUT2D eigenvalue weighted by molar-refractivity contribution is 1.21. The van der Waals surface area contributed by atoms with Gasteiger partial charge in [0.2, 0.25) is 0 Å². The van der Waals surface area contributed by atoms with Gasteiger partial charge in [0, 0.05) is 225 Å². The minimum absolute atomic E-state index is 0.818. The van der Waals surface area contributed by atoms with Crippen molar-refractivity contribution in [3.63, 3.8) is 0 Å². The first-order valence-corrected chi connectivity index (χ1v) is 49.8. The third-order valence-corrected chi connectivity index (χ3v) is 17.9. The second-order valence-corrected chi connectivity index (χ2v) is 28.1. The van der Waals surface area contributed by atoms with Gasteiger partial charge in [-0.1, -0.05) is 176 Å². The maximum Gasteiger partial charge on any atom is 0.159 e. The Morgan fingerprint density at radius 2 is 0.497 bits per heavy atom. The lowest BCUT2D eigenvalue weighted by Gasteiger charge is -1.95. The summed E-state index contributed by atoms with van der Waals surface area (Å²) in [5.41, 5.74) is 22.9. The first kappa shape index (κ1) is 125. The van der Waals surface area contributed by atoms with E-state index in [1.165, 1.54) is 33.2 Å². The fraction of sp³-hybridized carbons (Fsp3) is 0.273. The molecule has 22 rings (SSSR count). The summed E-state index contributed by atoms with van der Waals surface area (Å²) < 4.78 is 0. The second-order valence-electron chi connectivity index (χ2n) is 28.1. The molecule has 0 amide bonds. The number of nitrogens with zero attached hydrogens (tertiary/aromatic N) is 22. The molecule has 22 nitrogen and oxygen atoms in total. The van der Waals surface area contributed by atoms with Gasteiger partial charge in [-0.25, -0.2) is 19.9 Å². The van der Waals surface area contributed by atoms with Gasteiger partial charge in [-0.3, -0.25) is 89.7 Å². The van der Waals surface area contributed by atoms with Crippen LogP contribution in [-0.4, -0.2) is 110 Å². The number of pyridine rings is 18. The Bertz CT molecular complexity index is 5680. The van der Waals surface area contributed by atoms with Crippen molar-refractivity contribution in [2.75, 3.05) is 0 Å². The van der Waals surface area contributed by atoms with E-state index in [1.807, 2.05) is 429 Å². The smallest absolute Gasteiger partial charge is 0.159 e. The Labute approximate surface area is 851 Å². The molecule has 0 atom stereocenters. The molecular weight excluding hydrogens is 1760 g/mol. The molecule has 0 aliphatic carbocycles. The van der Waals surface area contributed by atoms with Crippen molar-refractivity contribution < 1.29 is 0 Å². The summed E-state index contributed by atoms with van der Waals surface area (Å²) in [6.45, 7) is 66.1. The molecule has 0 saturated carbocycles. The number of aromatic nitrogens is 22. The molecule has 0 N–H and O–H groups in total. The zero-order valence-corrected chi connectivity index (χ0v) is 91.1. The van der Waals surface area contributed by atoms with Crippen molar-refractivity contribution in [3.8, 4) is 0 Å². The molecule has 0 saturated heterocycles. The van der Waals surface area contributed by atoms with Crippen molar-refractivity contribution in [1.82, 2.24) is 110 Å². The minimum Gasteiger partial charge on any atom is -0.264 e. The van der Waals surface area contributed by atoms with Gasteiger partial charge in [-0.05, 0) is 267 Å². The molecule has 20 aromatic heterocycles. The third-order valence-electron chi connectivity index (χ3n) is 17.9. The number of benzene rings is 2. The number of hydrogen-bond donors (Lipinski definition) is 0. The van der Waals surface area contributed by atoms with Crippen LogP contribution in [0.2, 0.25) is 0 Å². The largest absolute Gasteiger partial charge is 0.264 e. The molecule has 2 aromatic carbocycles. The molecule has 0 aliphatic rings. The number of aryl methyl sites for hydroxylation is 11. The highest BCUT2D eigenvalue weighted by molar-refractivity contribution is 5.84. The molecule has 0 bridgehead atoms. The van der Waals surface area contributed by atoms with E-state index in [9.17, 15) is 0 Å². The summed E-state index contributed by atoms with van der Waals surface area (Å²) in [6.07, 6.45) is 46.6. The number of hydrogen-bond acceptors (Lipinski definition) is 22. The Kier molecular flexibility index (Phi) is 67.4. The zero-order valence-electron chi connectivity index (χ0n) is 91.1. The Balaban J connectivity index is 0.000000771. The van der Waals surface area contributed by atoms with E-state index in [0.29, 0.717) is 0 Å². The van der Waals surface area contributed by atoms with Crippen LogP contribution in [-0.2, 0) is 0 Å². The van der Waals surface area contributed by atoms with Gasteiger partial charge in [0.25, 0.3) is 0 Å². The molecule has 22 heteroatoms. The average molecular weight is 1920 g/mol. The van der Waals surface area contributed by atoms with Crippen LogP contribution < -0.4 is 0 Å². The van der Waals surface area contributed by atoms with E-state index in [2.05, 4.69) is 159 Å². The summed E-state index contributed by atoms with van der Waals surface area (Å²) in [5, 5.41) is 12.4. The van der Waals surface area contributed by atoms with Gasteiger partial charge in [0.05, 0.1) is 67.6 Å². The monoisotopic (exact) mass is 1920 g/mol. The molecule has 0 spiro atoms. The fourth-order valence-electron chi connectivity index (χ4n) is 11.9. The average Bonchev–Trinajstić information content (AvgIpc) is 0.929. The van der Waals surface area contributed by atoms with Crippen molar-refractivity contribution >= 4 is 120 Å². The van der Waals surface area contributed by atoms with Crippen LogP contribution in [0, 0.1) is 76.2 Å². The second kappa shape index (κ2) is 77.0. The number of rotatable bonds is 0. The zero-order chi connectivity index (χ0) is 106. The van der Waals surface area contributed by atoms with Crippen LogP contribution in [0.3, 0.4) is 0 Å². The van der Waals surface area contributed by atoms with Crippen LogP contribution in [0.4, 0.5) is 0 Å². The summed E-state index contributed by atoms with van der Waals surface area (Å²) in [6, 6.07) is 58.0. The van der Waals surface area contributed by atoms with Crippen molar-refractivity contribution in [2.24, 2.45) is 0 Å². The van der Waals surface area contributed by atoms with E-state index >= 15 is 0 Å². The predicted molar refractivity (Wildman–Crippen MR) is 612 cm³/mol. The SMILES string of the molecule is CC.CC.CC.CC.CC.CC.CC.CC.CC.CC.CC.Cc1cc2ccncc2cn1.Cc1cc2cnccc2cn1.Cc1cc2ncccc2cn1.Cc1ccc2ccncc2n1.Cc1ccc2cnccc2n1.Cc1ccc2nccnc2c1.Cc1ccc2ncncc2c1.Cc1cnc2cccnc2c1.Cc1cnc2ccncc2c1.Cc1cnc2cnccc2c1.Cc1cnc2ncccc2c1. The minimum atomic E-state index is 0.818. The van der Waals surface area contributed by atoms with Gasteiger partial charge >= 0.3 is 0 Å². The normalized spacial score (nSPS) is 9.15. The van der Waals surface area contributed by atoms with E-state index < -0.39 is 0 Å². The Hall–Kier alpha value is -15.8. The van der Waals surface area contributed by atoms with Gasteiger partial charge in [0.15, 0.2) is 5.65 Å². The molecule has 748 valence electrons. The quantitative estimate of drug-likeness (QED) is 0.136. The topological polar surface area (TPSA) is 284 Å². The van der Waals surface area contributed by atoms with E-state index in [4.69, 9.17) is 0 Å². The van der Waals surface area contributed by atoms with Crippen LogP contribution in [0.1, 0.15) is 214 Å². The molecule has 0 radical (unpaired) electrons. The predicted octanol–water partition coefficient (Wildman–Crippen LogP) is 32.6. The van der Waals surface area contributed by atoms with E-state index in [1.54, 1.807) is 86.9 Å². The molecule has 0 aliphatic heterocycles. The maximum atomic E-state index is 4.34. The van der Waals surface area contributed by atoms with E-state index in [-0.39, 0.29) is 0 Å². The first-order valence-electron chi connectivity index (χ1n) is 49.8. The molecule has 0 unspecified atom stereocenters. The van der Waals surface area contributed by atoms with Gasteiger partial charge in [-0.15, -0.1) is 0 Å². The summed E-state index contributed by atoms with van der Waals surface area (Å²) in [4.78, 5) is 90.9. The highest BCUT2D eigenvalue weighted by Crippen LogP contribution is 2.19. The lowest BCUT2D eigenvalue weighted by atomic mass is 10.2. The lowest BCUT2D eigenvalue weighted by Crippen LogP contribution is -1.82. The Morgan fingerprint density at radius 3 is 1.10 bits per heavy atom.